The number of thiol groups is 1. The quantitative estimate of drug-likeness (QED) is 0.517. The molecule has 11 heavy (non-hydrogen) atoms. The molecule has 1 aliphatic heterocycles. The Kier molecular flexibility index (Phi) is 4.99. The Morgan fingerprint density at radius 2 is 2.36 bits per heavy atom. The molecule has 1 unspecified atom stereocenters. The van der Waals surface area contributed by atoms with Gasteiger partial charge in [0.2, 0.25) is 0 Å². The average Bonchev–Trinajstić information content (AvgIpc) is 2.07. The van der Waals surface area contributed by atoms with Crippen molar-refractivity contribution in [2.45, 2.75) is 25.4 Å². The van der Waals surface area contributed by atoms with Crippen LogP contribution in [0.2, 0.25) is 0 Å². The summed E-state index contributed by atoms with van der Waals surface area (Å²) >= 11 is 4.05. The third kappa shape index (κ3) is 3.99. The maximum absolute atomic E-state index is 5.47. The third-order valence-corrected chi connectivity index (χ3v) is 2.00. The molecule has 0 spiro atoms. The largest absolute Gasteiger partial charge is 0.378 e. The molecule has 0 aromatic heterocycles. The maximum atomic E-state index is 5.47. The van der Waals surface area contributed by atoms with Gasteiger partial charge in [-0.1, -0.05) is 0 Å². The van der Waals surface area contributed by atoms with E-state index in [0.29, 0.717) is 6.10 Å². The monoisotopic (exact) mass is 176 g/mol. The lowest BCUT2D eigenvalue weighted by molar-refractivity contribution is -0.0376. The number of hydrogen-bond donors (Lipinski definition) is 1. The molecule has 0 saturated carbocycles. The second-order valence-electron chi connectivity index (χ2n) is 2.79. The van der Waals surface area contributed by atoms with Crippen LogP contribution in [0.3, 0.4) is 0 Å². The summed E-state index contributed by atoms with van der Waals surface area (Å²) in [5, 5.41) is 0. The van der Waals surface area contributed by atoms with Crippen molar-refractivity contribution in [3.05, 3.63) is 0 Å². The van der Waals surface area contributed by atoms with Gasteiger partial charge in [-0.25, -0.2) is 0 Å². The van der Waals surface area contributed by atoms with Crippen LogP contribution in [0.5, 0.6) is 0 Å². The van der Waals surface area contributed by atoms with Crippen molar-refractivity contribution >= 4 is 12.6 Å². The van der Waals surface area contributed by atoms with Crippen molar-refractivity contribution in [3.63, 3.8) is 0 Å². The van der Waals surface area contributed by atoms with Crippen LogP contribution in [0.25, 0.3) is 0 Å². The van der Waals surface area contributed by atoms with Crippen molar-refractivity contribution in [1.29, 1.82) is 0 Å². The van der Waals surface area contributed by atoms with E-state index in [1.54, 1.807) is 0 Å². The number of hydrogen-bond acceptors (Lipinski definition) is 3. The Morgan fingerprint density at radius 3 is 3.00 bits per heavy atom. The summed E-state index contributed by atoms with van der Waals surface area (Å²) in [5.74, 6) is 0.798. The van der Waals surface area contributed by atoms with Crippen molar-refractivity contribution < 1.29 is 9.47 Å². The fourth-order valence-electron chi connectivity index (χ4n) is 1.22. The van der Waals surface area contributed by atoms with Crippen LogP contribution in [0.4, 0.5) is 0 Å². The molecule has 0 aromatic rings. The lowest BCUT2D eigenvalue weighted by Gasteiger charge is -2.22. The first-order valence-electron chi connectivity index (χ1n) is 4.23. The van der Waals surface area contributed by atoms with Crippen LogP contribution < -0.4 is 0 Å². The van der Waals surface area contributed by atoms with Gasteiger partial charge in [0.05, 0.1) is 19.3 Å². The van der Waals surface area contributed by atoms with Gasteiger partial charge < -0.3 is 9.47 Å². The highest BCUT2D eigenvalue weighted by Gasteiger charge is 2.12. The molecule has 0 aromatic carbocycles. The van der Waals surface area contributed by atoms with E-state index in [-0.39, 0.29) is 0 Å². The Labute approximate surface area is 73.7 Å². The minimum atomic E-state index is 0.351. The molecule has 0 amide bonds. The van der Waals surface area contributed by atoms with Gasteiger partial charge in [0.15, 0.2) is 0 Å². The molecular weight excluding hydrogens is 160 g/mol. The van der Waals surface area contributed by atoms with Gasteiger partial charge in [-0.3, -0.25) is 0 Å². The van der Waals surface area contributed by atoms with Gasteiger partial charge in [-0.2, -0.15) is 12.6 Å². The summed E-state index contributed by atoms with van der Waals surface area (Å²) in [6.07, 6.45) is 4.01. The highest BCUT2D eigenvalue weighted by Crippen LogP contribution is 2.12. The van der Waals surface area contributed by atoms with Gasteiger partial charge in [0.1, 0.15) is 0 Å². The predicted molar refractivity (Wildman–Crippen MR) is 48.3 cm³/mol. The molecule has 1 rings (SSSR count). The minimum Gasteiger partial charge on any atom is -0.378 e. The third-order valence-electron chi connectivity index (χ3n) is 1.81. The van der Waals surface area contributed by atoms with Crippen molar-refractivity contribution in [2.75, 3.05) is 25.6 Å². The van der Waals surface area contributed by atoms with Crippen LogP contribution in [0, 0.1) is 0 Å². The lowest BCUT2D eigenvalue weighted by atomic mass is 10.1. The molecule has 0 bridgehead atoms. The zero-order chi connectivity index (χ0) is 7.94. The molecule has 66 valence electrons. The van der Waals surface area contributed by atoms with E-state index in [1.165, 1.54) is 12.8 Å². The summed E-state index contributed by atoms with van der Waals surface area (Å²) in [7, 11) is 0. The summed E-state index contributed by atoms with van der Waals surface area (Å²) in [4.78, 5) is 0. The number of ether oxygens (including phenoxy) is 2. The fraction of sp³-hybridized carbons (Fsp3) is 1.00. The van der Waals surface area contributed by atoms with E-state index in [2.05, 4.69) is 12.6 Å². The van der Waals surface area contributed by atoms with Crippen LogP contribution >= 0.6 is 12.6 Å². The summed E-state index contributed by atoms with van der Waals surface area (Å²) in [6.45, 7) is 2.40. The molecule has 0 aliphatic carbocycles. The van der Waals surface area contributed by atoms with Crippen LogP contribution in [-0.2, 0) is 9.47 Å². The zero-order valence-electron chi connectivity index (χ0n) is 6.79. The molecule has 1 aliphatic rings. The zero-order valence-corrected chi connectivity index (χ0v) is 7.69. The highest BCUT2D eigenvalue weighted by molar-refractivity contribution is 7.80. The Hall–Kier alpha value is 0.270. The standard InChI is InChI=1S/C8H16O2S/c11-6-5-9-7-8-3-1-2-4-10-8/h8,11H,1-7H2. The van der Waals surface area contributed by atoms with Crippen LogP contribution in [0.15, 0.2) is 0 Å². The molecule has 1 heterocycles. The molecule has 1 saturated heterocycles. The molecule has 3 heteroatoms. The van der Waals surface area contributed by atoms with Crippen LogP contribution in [-0.4, -0.2) is 31.7 Å². The van der Waals surface area contributed by atoms with E-state index in [1.807, 2.05) is 0 Å². The summed E-state index contributed by atoms with van der Waals surface area (Å²) in [6, 6.07) is 0. The predicted octanol–water partition coefficient (Wildman–Crippen LogP) is 1.50. The smallest absolute Gasteiger partial charge is 0.0808 e. The second kappa shape index (κ2) is 5.86. The Balaban J connectivity index is 1.96. The average molecular weight is 176 g/mol. The molecule has 1 atom stereocenters. The van der Waals surface area contributed by atoms with Crippen molar-refractivity contribution in [1.82, 2.24) is 0 Å². The second-order valence-corrected chi connectivity index (χ2v) is 3.23. The molecule has 1 fully saturated rings. The van der Waals surface area contributed by atoms with Gasteiger partial charge in [0, 0.05) is 12.4 Å². The topological polar surface area (TPSA) is 18.5 Å². The fourth-order valence-corrected chi connectivity index (χ4v) is 1.35. The first kappa shape index (κ1) is 9.36. The minimum absolute atomic E-state index is 0.351. The van der Waals surface area contributed by atoms with Gasteiger partial charge in [-0.05, 0) is 19.3 Å². The van der Waals surface area contributed by atoms with E-state index < -0.39 is 0 Å². The summed E-state index contributed by atoms with van der Waals surface area (Å²) < 4.78 is 10.8. The van der Waals surface area contributed by atoms with Gasteiger partial charge in [0.25, 0.3) is 0 Å². The first-order chi connectivity index (χ1) is 5.43. The van der Waals surface area contributed by atoms with E-state index in [0.717, 1.165) is 32.0 Å². The van der Waals surface area contributed by atoms with Gasteiger partial charge in [-0.15, -0.1) is 0 Å². The molecular formula is C8H16O2S. The normalized spacial score (nSPS) is 25.4. The highest BCUT2D eigenvalue weighted by atomic mass is 32.1. The maximum Gasteiger partial charge on any atom is 0.0808 e. The molecule has 2 nitrogen and oxygen atoms in total. The van der Waals surface area contributed by atoms with Gasteiger partial charge >= 0.3 is 0 Å². The molecule has 0 N–H and O–H groups in total. The Morgan fingerprint density at radius 1 is 1.45 bits per heavy atom. The number of rotatable bonds is 4. The van der Waals surface area contributed by atoms with Crippen molar-refractivity contribution in [3.8, 4) is 0 Å². The summed E-state index contributed by atoms with van der Waals surface area (Å²) in [5.41, 5.74) is 0. The van der Waals surface area contributed by atoms with E-state index >= 15 is 0 Å². The SMILES string of the molecule is SCCOCC1CCCCO1. The van der Waals surface area contributed by atoms with E-state index in [9.17, 15) is 0 Å². The van der Waals surface area contributed by atoms with E-state index in [4.69, 9.17) is 9.47 Å². The lowest BCUT2D eigenvalue weighted by Crippen LogP contribution is -2.24. The first-order valence-corrected chi connectivity index (χ1v) is 4.87. The Bertz CT molecular complexity index is 92.1. The van der Waals surface area contributed by atoms with Crippen molar-refractivity contribution in [2.24, 2.45) is 0 Å². The van der Waals surface area contributed by atoms with Crippen LogP contribution in [0.1, 0.15) is 19.3 Å². The molecule has 0 radical (unpaired) electrons.